The van der Waals surface area contributed by atoms with Gasteiger partial charge in [0.15, 0.2) is 16.9 Å². The Hall–Kier alpha value is -3.00. The van der Waals surface area contributed by atoms with Gasteiger partial charge in [-0.1, -0.05) is 44.2 Å². The van der Waals surface area contributed by atoms with Crippen LogP contribution in [0.4, 0.5) is 0 Å². The maximum atomic E-state index is 13.1. The van der Waals surface area contributed by atoms with Crippen LogP contribution < -0.4 is 11.2 Å². The summed E-state index contributed by atoms with van der Waals surface area (Å²) in [5, 5.41) is 9.77. The Morgan fingerprint density at radius 1 is 1.00 bits per heavy atom. The van der Waals surface area contributed by atoms with Crippen molar-refractivity contribution in [2.75, 3.05) is 0 Å². The van der Waals surface area contributed by atoms with Crippen molar-refractivity contribution in [3.8, 4) is 0 Å². The fourth-order valence-electron chi connectivity index (χ4n) is 3.33. The average molecular weight is 384 g/mol. The van der Waals surface area contributed by atoms with Crippen molar-refractivity contribution >= 4 is 16.9 Å². The third kappa shape index (κ3) is 3.43. The number of nitrogens with zero attached hydrogens (tertiary/aromatic N) is 4. The summed E-state index contributed by atoms with van der Waals surface area (Å²) in [5.74, 6) is -0.0147. The molecule has 3 aromatic rings. The highest BCUT2D eigenvalue weighted by Gasteiger charge is 2.22. The summed E-state index contributed by atoms with van der Waals surface area (Å²) >= 11 is 0. The van der Waals surface area contributed by atoms with Crippen molar-refractivity contribution in [1.82, 2.24) is 18.7 Å². The molecule has 0 fully saturated rings. The van der Waals surface area contributed by atoms with Crippen molar-refractivity contribution in [2.24, 2.45) is 0 Å². The van der Waals surface area contributed by atoms with E-state index in [1.807, 2.05) is 19.9 Å². The van der Waals surface area contributed by atoms with E-state index in [0.29, 0.717) is 24.9 Å². The topological polar surface area (TPSA) is 99.1 Å². The number of aryl methyl sites for hydroxylation is 1. The number of imidazole rings is 1. The molecule has 2 heterocycles. The van der Waals surface area contributed by atoms with Gasteiger partial charge in [-0.05, 0) is 12.8 Å². The zero-order chi connectivity index (χ0) is 20.3. The van der Waals surface area contributed by atoms with Crippen LogP contribution in [0.1, 0.15) is 42.9 Å². The molecule has 0 amide bonds. The van der Waals surface area contributed by atoms with Gasteiger partial charge in [0.25, 0.3) is 5.56 Å². The molecule has 0 saturated carbocycles. The van der Waals surface area contributed by atoms with Crippen LogP contribution in [0.5, 0.6) is 0 Å². The van der Waals surface area contributed by atoms with Gasteiger partial charge >= 0.3 is 5.69 Å². The number of hydrogen-bond donors (Lipinski definition) is 1. The minimum absolute atomic E-state index is 0.137. The number of fused-ring (bicyclic) bond motifs is 1. The summed E-state index contributed by atoms with van der Waals surface area (Å²) in [6.07, 6.45) is 1.31. The molecule has 2 aromatic heterocycles. The number of rotatable bonds is 8. The second-order valence-corrected chi connectivity index (χ2v) is 6.62. The molecule has 28 heavy (non-hydrogen) atoms. The van der Waals surface area contributed by atoms with Gasteiger partial charge in [-0.15, -0.1) is 0 Å². The highest BCUT2D eigenvalue weighted by Crippen LogP contribution is 2.14. The van der Waals surface area contributed by atoms with Crippen LogP contribution in [0, 0.1) is 0 Å². The van der Waals surface area contributed by atoms with E-state index in [2.05, 4.69) is 4.98 Å². The van der Waals surface area contributed by atoms with Crippen LogP contribution in [0.2, 0.25) is 0 Å². The summed E-state index contributed by atoms with van der Waals surface area (Å²) in [5.41, 5.74) is -0.0000560. The Labute approximate surface area is 161 Å². The Bertz CT molecular complexity index is 1110. The third-order valence-corrected chi connectivity index (χ3v) is 4.63. The van der Waals surface area contributed by atoms with Crippen LogP contribution >= 0.6 is 0 Å². The summed E-state index contributed by atoms with van der Waals surface area (Å²) in [6, 6.07) is 8.74. The van der Waals surface area contributed by atoms with E-state index >= 15 is 0 Å². The molecule has 0 aliphatic carbocycles. The zero-order valence-corrected chi connectivity index (χ0v) is 16.1. The first-order valence-corrected chi connectivity index (χ1v) is 9.45. The largest absolute Gasteiger partial charge is 0.388 e. The molecule has 0 unspecified atom stereocenters. The number of ketones is 1. The van der Waals surface area contributed by atoms with Gasteiger partial charge in [0.2, 0.25) is 0 Å². The molecule has 8 heteroatoms. The van der Waals surface area contributed by atoms with Gasteiger partial charge < -0.3 is 9.67 Å². The minimum Gasteiger partial charge on any atom is -0.388 e. The van der Waals surface area contributed by atoms with Crippen LogP contribution in [0.25, 0.3) is 11.2 Å². The van der Waals surface area contributed by atoms with Gasteiger partial charge in [0.1, 0.15) is 12.4 Å². The van der Waals surface area contributed by atoms with E-state index in [1.165, 1.54) is 13.7 Å². The third-order valence-electron chi connectivity index (χ3n) is 4.63. The first-order valence-electron chi connectivity index (χ1n) is 9.45. The maximum Gasteiger partial charge on any atom is 0.332 e. The Morgan fingerprint density at radius 2 is 1.64 bits per heavy atom. The number of aliphatic hydroxyl groups is 1. The van der Waals surface area contributed by atoms with E-state index in [-0.39, 0.29) is 35.9 Å². The van der Waals surface area contributed by atoms with Crippen LogP contribution in [0.15, 0.2) is 39.9 Å². The molecule has 8 nitrogen and oxygen atoms in total. The SMILES string of the molecule is CCCn1c(=O)c2c(nc(CO)n2CC(=O)c2ccccc2)n(CCC)c1=O. The second kappa shape index (κ2) is 8.35. The number of Topliss-reactive ketones (excluding diaryl/α,β-unsaturated/α-hetero) is 1. The van der Waals surface area contributed by atoms with E-state index in [9.17, 15) is 19.5 Å². The van der Waals surface area contributed by atoms with E-state index in [4.69, 9.17) is 0 Å². The van der Waals surface area contributed by atoms with E-state index < -0.39 is 17.9 Å². The summed E-state index contributed by atoms with van der Waals surface area (Å²) in [7, 11) is 0. The molecule has 0 saturated heterocycles. The van der Waals surface area contributed by atoms with Crippen molar-refractivity contribution in [2.45, 2.75) is 52.9 Å². The Kier molecular flexibility index (Phi) is 5.89. The number of carbonyl (C=O) groups excluding carboxylic acids is 1. The lowest BCUT2D eigenvalue weighted by atomic mass is 10.1. The van der Waals surface area contributed by atoms with Gasteiger partial charge in [0, 0.05) is 18.7 Å². The van der Waals surface area contributed by atoms with Crippen LogP contribution in [-0.4, -0.2) is 29.6 Å². The highest BCUT2D eigenvalue weighted by molar-refractivity contribution is 5.96. The molecule has 0 aliphatic heterocycles. The molecule has 1 N–H and O–H groups in total. The van der Waals surface area contributed by atoms with Gasteiger partial charge in [-0.25, -0.2) is 9.78 Å². The predicted molar refractivity (Wildman–Crippen MR) is 106 cm³/mol. The van der Waals surface area contributed by atoms with Gasteiger partial charge in [-0.3, -0.25) is 18.7 Å². The lowest BCUT2D eigenvalue weighted by molar-refractivity contribution is 0.0970. The molecule has 0 spiro atoms. The number of aromatic nitrogens is 4. The van der Waals surface area contributed by atoms with Crippen LogP contribution in [0.3, 0.4) is 0 Å². The molecule has 3 rings (SSSR count). The molecule has 0 aliphatic rings. The minimum atomic E-state index is -0.484. The van der Waals surface area contributed by atoms with E-state index in [1.54, 1.807) is 24.3 Å². The lowest BCUT2D eigenvalue weighted by Gasteiger charge is -2.11. The van der Waals surface area contributed by atoms with Crippen molar-refractivity contribution < 1.29 is 9.90 Å². The number of carbonyl (C=O) groups is 1. The average Bonchev–Trinajstić information content (AvgIpc) is 3.07. The molecular formula is C20H24N4O4. The number of benzene rings is 1. The Morgan fingerprint density at radius 3 is 2.25 bits per heavy atom. The second-order valence-electron chi connectivity index (χ2n) is 6.62. The van der Waals surface area contributed by atoms with Crippen molar-refractivity contribution in [3.05, 3.63) is 62.6 Å². The molecule has 0 atom stereocenters. The monoisotopic (exact) mass is 384 g/mol. The van der Waals surface area contributed by atoms with Gasteiger partial charge in [0.05, 0.1) is 6.54 Å². The fourth-order valence-corrected chi connectivity index (χ4v) is 3.33. The smallest absolute Gasteiger partial charge is 0.332 e. The first-order chi connectivity index (χ1) is 13.5. The predicted octanol–water partition coefficient (Wildman–Crippen LogP) is 1.55. The molecular weight excluding hydrogens is 360 g/mol. The first kappa shape index (κ1) is 19.8. The maximum absolute atomic E-state index is 13.1. The lowest BCUT2D eigenvalue weighted by Crippen LogP contribution is -2.40. The Balaban J connectivity index is 2.26. The zero-order valence-electron chi connectivity index (χ0n) is 16.1. The summed E-state index contributed by atoms with van der Waals surface area (Å²) in [4.78, 5) is 42.9. The standard InChI is InChI=1S/C20H24N4O4/c1-3-10-22-18-17(19(27)23(11-4-2)20(22)28)24(16(13-25)21-18)12-15(26)14-8-6-5-7-9-14/h5-9,25H,3-4,10-13H2,1-2H3. The number of hydrogen-bond acceptors (Lipinski definition) is 5. The summed E-state index contributed by atoms with van der Waals surface area (Å²) < 4.78 is 4.07. The molecule has 0 bridgehead atoms. The van der Waals surface area contributed by atoms with Crippen molar-refractivity contribution in [1.29, 1.82) is 0 Å². The number of aliphatic hydroxyl groups excluding tert-OH is 1. The quantitative estimate of drug-likeness (QED) is 0.594. The van der Waals surface area contributed by atoms with E-state index in [0.717, 1.165) is 0 Å². The molecule has 0 radical (unpaired) electrons. The van der Waals surface area contributed by atoms with Crippen molar-refractivity contribution in [3.63, 3.8) is 0 Å². The van der Waals surface area contributed by atoms with Gasteiger partial charge in [-0.2, -0.15) is 0 Å². The van der Waals surface area contributed by atoms with Crippen LogP contribution in [-0.2, 0) is 26.2 Å². The molecule has 148 valence electrons. The molecule has 1 aromatic carbocycles. The summed E-state index contributed by atoms with van der Waals surface area (Å²) in [6.45, 7) is 3.91. The fraction of sp³-hybridized carbons (Fsp3) is 0.400. The highest BCUT2D eigenvalue weighted by atomic mass is 16.3. The normalized spacial score (nSPS) is 11.2.